The van der Waals surface area contributed by atoms with Crippen LogP contribution in [0.15, 0.2) is 18.3 Å². The summed E-state index contributed by atoms with van der Waals surface area (Å²) in [6.07, 6.45) is 13.9. The van der Waals surface area contributed by atoms with E-state index in [0.717, 1.165) is 12.3 Å². The summed E-state index contributed by atoms with van der Waals surface area (Å²) in [5, 5.41) is 0. The molecule has 3 rings (SSSR count). The Morgan fingerprint density at radius 3 is 2.75 bits per heavy atom. The quantitative estimate of drug-likeness (QED) is 0.503. The SMILES string of the molecule is NNC(CC1CCCCCC1)C1CCc2cccnc21. The van der Waals surface area contributed by atoms with Crippen molar-refractivity contribution >= 4 is 0 Å². The predicted octanol–water partition coefficient (Wildman–Crippen LogP) is 3.30. The van der Waals surface area contributed by atoms with Crippen molar-refractivity contribution in [1.82, 2.24) is 10.4 Å². The van der Waals surface area contributed by atoms with Gasteiger partial charge in [-0.3, -0.25) is 16.3 Å². The van der Waals surface area contributed by atoms with Crippen molar-refractivity contribution in [3.05, 3.63) is 29.6 Å². The molecule has 1 heterocycles. The second kappa shape index (κ2) is 6.68. The van der Waals surface area contributed by atoms with E-state index in [1.165, 1.54) is 62.6 Å². The molecule has 0 aliphatic heterocycles. The Balaban J connectivity index is 1.68. The summed E-state index contributed by atoms with van der Waals surface area (Å²) in [6.45, 7) is 0. The third-order valence-corrected chi connectivity index (χ3v) is 5.26. The van der Waals surface area contributed by atoms with Gasteiger partial charge in [-0.2, -0.15) is 0 Å². The van der Waals surface area contributed by atoms with Crippen LogP contribution in [0.5, 0.6) is 0 Å². The first kappa shape index (κ1) is 14.0. The zero-order chi connectivity index (χ0) is 13.8. The van der Waals surface area contributed by atoms with Crippen LogP contribution in [0.4, 0.5) is 0 Å². The fourth-order valence-electron chi connectivity index (χ4n) is 4.14. The molecule has 0 bridgehead atoms. The number of nitrogens with zero attached hydrogens (tertiary/aromatic N) is 1. The lowest BCUT2D eigenvalue weighted by molar-refractivity contribution is 0.316. The normalized spacial score (nSPS) is 25.1. The van der Waals surface area contributed by atoms with Crippen LogP contribution in [0.25, 0.3) is 0 Å². The molecule has 1 saturated carbocycles. The summed E-state index contributed by atoms with van der Waals surface area (Å²) in [5.74, 6) is 7.25. The number of nitrogens with one attached hydrogen (secondary N) is 1. The molecule has 2 aliphatic carbocycles. The first-order valence-electron chi connectivity index (χ1n) is 8.28. The summed E-state index contributed by atoms with van der Waals surface area (Å²) in [5.41, 5.74) is 5.84. The molecule has 20 heavy (non-hydrogen) atoms. The third kappa shape index (κ3) is 3.04. The van der Waals surface area contributed by atoms with Gasteiger partial charge in [0.15, 0.2) is 0 Å². The molecule has 1 aromatic rings. The van der Waals surface area contributed by atoms with Gasteiger partial charge in [0, 0.05) is 23.9 Å². The zero-order valence-electron chi connectivity index (χ0n) is 12.4. The number of hydrogen-bond donors (Lipinski definition) is 2. The van der Waals surface area contributed by atoms with Crippen molar-refractivity contribution in [2.75, 3.05) is 0 Å². The molecule has 3 nitrogen and oxygen atoms in total. The molecule has 1 aromatic heterocycles. The van der Waals surface area contributed by atoms with Gasteiger partial charge in [-0.15, -0.1) is 0 Å². The summed E-state index contributed by atoms with van der Waals surface area (Å²) in [7, 11) is 0. The molecule has 0 aromatic carbocycles. The summed E-state index contributed by atoms with van der Waals surface area (Å²) in [6, 6.07) is 4.67. The van der Waals surface area contributed by atoms with Gasteiger partial charge in [-0.05, 0) is 36.8 Å². The highest BCUT2D eigenvalue weighted by Crippen LogP contribution is 2.37. The first-order chi connectivity index (χ1) is 9.88. The van der Waals surface area contributed by atoms with Gasteiger partial charge >= 0.3 is 0 Å². The maximum absolute atomic E-state index is 5.89. The smallest absolute Gasteiger partial charge is 0.0482 e. The molecule has 2 aliphatic rings. The van der Waals surface area contributed by atoms with Gasteiger partial charge in [0.25, 0.3) is 0 Å². The lowest BCUT2D eigenvalue weighted by atomic mass is 9.86. The molecular weight excluding hydrogens is 246 g/mol. The van der Waals surface area contributed by atoms with Crippen molar-refractivity contribution in [2.24, 2.45) is 11.8 Å². The molecule has 0 saturated heterocycles. The summed E-state index contributed by atoms with van der Waals surface area (Å²) < 4.78 is 0. The average molecular weight is 273 g/mol. The summed E-state index contributed by atoms with van der Waals surface area (Å²) in [4.78, 5) is 4.63. The van der Waals surface area contributed by atoms with E-state index < -0.39 is 0 Å². The fourth-order valence-corrected chi connectivity index (χ4v) is 4.14. The summed E-state index contributed by atoms with van der Waals surface area (Å²) >= 11 is 0. The van der Waals surface area contributed by atoms with E-state index in [1.54, 1.807) is 0 Å². The van der Waals surface area contributed by atoms with Crippen molar-refractivity contribution in [1.29, 1.82) is 0 Å². The van der Waals surface area contributed by atoms with Crippen molar-refractivity contribution < 1.29 is 0 Å². The Morgan fingerprint density at radius 1 is 1.20 bits per heavy atom. The van der Waals surface area contributed by atoms with E-state index in [0.29, 0.717) is 12.0 Å². The topological polar surface area (TPSA) is 50.9 Å². The number of hydrazine groups is 1. The van der Waals surface area contributed by atoms with E-state index >= 15 is 0 Å². The van der Waals surface area contributed by atoms with Gasteiger partial charge < -0.3 is 0 Å². The van der Waals surface area contributed by atoms with Crippen LogP contribution in [-0.4, -0.2) is 11.0 Å². The first-order valence-corrected chi connectivity index (χ1v) is 8.28. The van der Waals surface area contributed by atoms with Crippen LogP contribution in [0.2, 0.25) is 0 Å². The van der Waals surface area contributed by atoms with Crippen LogP contribution >= 0.6 is 0 Å². The number of nitrogens with two attached hydrogens (primary N) is 1. The standard InChI is InChI=1S/C17H27N3/c18-20-16(12-13-6-3-1-2-4-7-13)15-10-9-14-8-5-11-19-17(14)15/h5,8,11,13,15-16,20H,1-4,6-7,9-10,12,18H2. The zero-order valence-corrected chi connectivity index (χ0v) is 12.4. The molecule has 0 spiro atoms. The number of hydrogen-bond acceptors (Lipinski definition) is 3. The fraction of sp³-hybridized carbons (Fsp3) is 0.706. The number of aryl methyl sites for hydroxylation is 1. The Hall–Kier alpha value is -0.930. The monoisotopic (exact) mass is 273 g/mol. The van der Waals surface area contributed by atoms with Crippen LogP contribution in [0.1, 0.15) is 68.5 Å². The Labute approximate surface area is 122 Å². The number of aromatic nitrogens is 1. The lowest BCUT2D eigenvalue weighted by Gasteiger charge is -2.27. The molecule has 2 atom stereocenters. The Morgan fingerprint density at radius 2 is 2.00 bits per heavy atom. The predicted molar refractivity (Wildman–Crippen MR) is 82.2 cm³/mol. The molecule has 0 radical (unpaired) electrons. The second-order valence-corrected chi connectivity index (χ2v) is 6.56. The minimum Gasteiger partial charge on any atom is -0.271 e. The maximum atomic E-state index is 5.89. The van der Waals surface area contributed by atoms with Gasteiger partial charge in [-0.25, -0.2) is 0 Å². The molecular formula is C17H27N3. The van der Waals surface area contributed by atoms with Crippen LogP contribution in [-0.2, 0) is 6.42 Å². The van der Waals surface area contributed by atoms with E-state index in [4.69, 9.17) is 5.84 Å². The minimum atomic E-state index is 0.397. The van der Waals surface area contributed by atoms with Crippen LogP contribution in [0, 0.1) is 5.92 Å². The third-order valence-electron chi connectivity index (χ3n) is 5.26. The van der Waals surface area contributed by atoms with Crippen LogP contribution in [0.3, 0.4) is 0 Å². The van der Waals surface area contributed by atoms with Gasteiger partial charge in [0.2, 0.25) is 0 Å². The van der Waals surface area contributed by atoms with Crippen molar-refractivity contribution in [3.8, 4) is 0 Å². The Kier molecular flexibility index (Phi) is 4.69. The van der Waals surface area contributed by atoms with E-state index in [1.807, 2.05) is 6.20 Å². The van der Waals surface area contributed by atoms with Crippen molar-refractivity contribution in [3.63, 3.8) is 0 Å². The minimum absolute atomic E-state index is 0.397. The van der Waals surface area contributed by atoms with E-state index in [9.17, 15) is 0 Å². The number of fused-ring (bicyclic) bond motifs is 1. The lowest BCUT2D eigenvalue weighted by Crippen LogP contribution is -2.40. The molecule has 3 N–H and O–H groups in total. The highest BCUT2D eigenvalue weighted by Gasteiger charge is 2.31. The van der Waals surface area contributed by atoms with E-state index in [-0.39, 0.29) is 0 Å². The Bertz CT molecular complexity index is 424. The average Bonchev–Trinajstić information content (AvgIpc) is 2.74. The van der Waals surface area contributed by atoms with Gasteiger partial charge in [0.05, 0.1) is 0 Å². The van der Waals surface area contributed by atoms with Crippen LogP contribution < -0.4 is 11.3 Å². The van der Waals surface area contributed by atoms with Gasteiger partial charge in [-0.1, -0.05) is 44.6 Å². The largest absolute Gasteiger partial charge is 0.271 e. The second-order valence-electron chi connectivity index (χ2n) is 6.56. The molecule has 2 unspecified atom stereocenters. The maximum Gasteiger partial charge on any atom is 0.0482 e. The molecule has 0 amide bonds. The number of pyridine rings is 1. The van der Waals surface area contributed by atoms with Gasteiger partial charge in [0.1, 0.15) is 0 Å². The highest BCUT2D eigenvalue weighted by molar-refractivity contribution is 5.29. The number of rotatable bonds is 4. The molecule has 1 fully saturated rings. The molecule has 3 heteroatoms. The van der Waals surface area contributed by atoms with Crippen molar-refractivity contribution in [2.45, 2.75) is 69.7 Å². The van der Waals surface area contributed by atoms with E-state index in [2.05, 4.69) is 22.5 Å². The highest BCUT2D eigenvalue weighted by atomic mass is 15.2. The molecule has 110 valence electrons.